The minimum atomic E-state index is 0.369. The van der Waals surface area contributed by atoms with Crippen molar-refractivity contribution in [2.24, 2.45) is 0 Å². The van der Waals surface area contributed by atoms with E-state index in [0.717, 1.165) is 35.0 Å². The highest BCUT2D eigenvalue weighted by Gasteiger charge is 2.21. The first-order valence-electron chi connectivity index (χ1n) is 6.67. The molecule has 2 aromatic rings. The van der Waals surface area contributed by atoms with E-state index in [4.69, 9.17) is 16.6 Å². The van der Waals surface area contributed by atoms with Gasteiger partial charge in [-0.05, 0) is 44.5 Å². The summed E-state index contributed by atoms with van der Waals surface area (Å²) in [7, 11) is 1.99. The summed E-state index contributed by atoms with van der Waals surface area (Å²) < 4.78 is 0.958. The third-order valence-corrected chi connectivity index (χ3v) is 4.51. The second-order valence-corrected chi connectivity index (χ2v) is 6.28. The quantitative estimate of drug-likeness (QED) is 0.882. The Kier molecular flexibility index (Phi) is 4.06. The summed E-state index contributed by atoms with van der Waals surface area (Å²) in [5.41, 5.74) is 3.24. The third kappa shape index (κ3) is 2.60. The number of nitrogens with one attached hydrogen (secondary N) is 1. The smallest absolute Gasteiger partial charge is 0.160 e. The first-order valence-corrected chi connectivity index (χ1v) is 7.84. The molecule has 0 amide bonds. The molecule has 1 aliphatic rings. The standard InChI is InChI=1S/C15H15BrClN3/c1-18-13-3-2-4-14-11(13)8-19-15(20-14)10-6-5-9(16)7-12(10)17/h5-8,13,18H,2-4H2,1H3. The Morgan fingerprint density at radius 3 is 3.00 bits per heavy atom. The maximum Gasteiger partial charge on any atom is 0.160 e. The lowest BCUT2D eigenvalue weighted by Crippen LogP contribution is -2.22. The van der Waals surface area contributed by atoms with E-state index in [2.05, 4.69) is 26.2 Å². The molecule has 1 heterocycles. The summed E-state index contributed by atoms with van der Waals surface area (Å²) in [6.45, 7) is 0. The summed E-state index contributed by atoms with van der Waals surface area (Å²) in [5.74, 6) is 0.706. The van der Waals surface area contributed by atoms with Crippen molar-refractivity contribution in [1.29, 1.82) is 0 Å². The van der Waals surface area contributed by atoms with Gasteiger partial charge in [0, 0.05) is 33.5 Å². The number of aromatic nitrogens is 2. The monoisotopic (exact) mass is 351 g/mol. The van der Waals surface area contributed by atoms with Gasteiger partial charge in [-0.15, -0.1) is 0 Å². The second kappa shape index (κ2) is 5.80. The average Bonchev–Trinajstić information content (AvgIpc) is 2.46. The zero-order valence-corrected chi connectivity index (χ0v) is 13.5. The van der Waals surface area contributed by atoms with Gasteiger partial charge in [0.15, 0.2) is 5.82 Å². The Bertz CT molecular complexity index is 645. The molecule has 0 aliphatic heterocycles. The predicted octanol–water partition coefficient (Wildman–Crippen LogP) is 4.16. The predicted molar refractivity (Wildman–Crippen MR) is 84.9 cm³/mol. The zero-order chi connectivity index (χ0) is 14.1. The van der Waals surface area contributed by atoms with Crippen molar-refractivity contribution in [3.8, 4) is 11.4 Å². The van der Waals surface area contributed by atoms with Crippen LogP contribution >= 0.6 is 27.5 Å². The molecule has 1 aromatic carbocycles. The lowest BCUT2D eigenvalue weighted by molar-refractivity contribution is 0.488. The van der Waals surface area contributed by atoms with Crippen molar-refractivity contribution in [3.63, 3.8) is 0 Å². The molecule has 3 nitrogen and oxygen atoms in total. The van der Waals surface area contributed by atoms with Crippen molar-refractivity contribution in [2.45, 2.75) is 25.3 Å². The number of benzene rings is 1. The molecule has 0 radical (unpaired) electrons. The highest BCUT2D eigenvalue weighted by molar-refractivity contribution is 9.10. The first-order chi connectivity index (χ1) is 9.69. The summed E-state index contributed by atoms with van der Waals surface area (Å²) in [5, 5.41) is 3.99. The van der Waals surface area contributed by atoms with Crippen LogP contribution in [0.25, 0.3) is 11.4 Å². The Hall–Kier alpha value is -0.970. The van der Waals surface area contributed by atoms with Crippen LogP contribution in [0, 0.1) is 0 Å². The molecular formula is C15H15BrClN3. The SMILES string of the molecule is CNC1CCCc2nc(-c3ccc(Br)cc3Cl)ncc21. The van der Waals surface area contributed by atoms with Gasteiger partial charge in [0.05, 0.1) is 5.02 Å². The van der Waals surface area contributed by atoms with Gasteiger partial charge in [0.2, 0.25) is 0 Å². The molecule has 20 heavy (non-hydrogen) atoms. The first kappa shape index (κ1) is 14.0. The number of hydrogen-bond donors (Lipinski definition) is 1. The minimum absolute atomic E-state index is 0.369. The van der Waals surface area contributed by atoms with Gasteiger partial charge in [-0.25, -0.2) is 9.97 Å². The molecule has 1 aromatic heterocycles. The number of nitrogens with zero attached hydrogens (tertiary/aromatic N) is 2. The van der Waals surface area contributed by atoms with Crippen molar-refractivity contribution < 1.29 is 0 Å². The molecule has 0 saturated heterocycles. The van der Waals surface area contributed by atoms with Crippen LogP contribution in [-0.2, 0) is 6.42 Å². The van der Waals surface area contributed by atoms with Crippen molar-refractivity contribution in [3.05, 3.63) is 45.1 Å². The Morgan fingerprint density at radius 1 is 1.40 bits per heavy atom. The normalized spacial score (nSPS) is 17.9. The molecule has 1 unspecified atom stereocenters. The third-order valence-electron chi connectivity index (χ3n) is 3.70. The van der Waals surface area contributed by atoms with E-state index >= 15 is 0 Å². The molecule has 1 aliphatic carbocycles. The molecule has 0 fully saturated rings. The highest BCUT2D eigenvalue weighted by Crippen LogP contribution is 2.32. The van der Waals surface area contributed by atoms with E-state index in [1.54, 1.807) is 0 Å². The summed E-state index contributed by atoms with van der Waals surface area (Å²) >= 11 is 9.69. The summed E-state index contributed by atoms with van der Waals surface area (Å²) in [6.07, 6.45) is 5.25. The van der Waals surface area contributed by atoms with E-state index in [1.165, 1.54) is 5.56 Å². The van der Waals surface area contributed by atoms with Crippen LogP contribution in [0.1, 0.15) is 30.1 Å². The lowest BCUT2D eigenvalue weighted by atomic mass is 9.92. The van der Waals surface area contributed by atoms with Crippen molar-refractivity contribution >= 4 is 27.5 Å². The molecule has 1 N–H and O–H groups in total. The molecular weight excluding hydrogens is 338 g/mol. The van der Waals surface area contributed by atoms with Gasteiger partial charge in [-0.3, -0.25) is 0 Å². The number of halogens is 2. The molecule has 0 spiro atoms. The number of rotatable bonds is 2. The van der Waals surface area contributed by atoms with Crippen LogP contribution in [-0.4, -0.2) is 17.0 Å². The Morgan fingerprint density at radius 2 is 2.25 bits per heavy atom. The van der Waals surface area contributed by atoms with Crippen LogP contribution in [0.3, 0.4) is 0 Å². The Balaban J connectivity index is 2.04. The topological polar surface area (TPSA) is 37.8 Å². The molecule has 3 rings (SSSR count). The largest absolute Gasteiger partial charge is 0.313 e. The molecule has 104 valence electrons. The van der Waals surface area contributed by atoms with Crippen LogP contribution in [0.2, 0.25) is 5.02 Å². The fourth-order valence-electron chi connectivity index (χ4n) is 2.65. The maximum atomic E-state index is 6.28. The van der Waals surface area contributed by atoms with E-state index < -0.39 is 0 Å². The minimum Gasteiger partial charge on any atom is -0.313 e. The number of fused-ring (bicyclic) bond motifs is 1. The zero-order valence-electron chi connectivity index (χ0n) is 11.2. The number of aryl methyl sites for hydroxylation is 1. The fourth-order valence-corrected chi connectivity index (χ4v) is 3.41. The van der Waals surface area contributed by atoms with E-state index in [1.807, 2.05) is 31.4 Å². The van der Waals surface area contributed by atoms with Crippen LogP contribution in [0.4, 0.5) is 0 Å². The maximum absolute atomic E-state index is 6.28. The van der Waals surface area contributed by atoms with Crippen molar-refractivity contribution in [1.82, 2.24) is 15.3 Å². The van der Waals surface area contributed by atoms with Gasteiger partial charge in [0.1, 0.15) is 0 Å². The van der Waals surface area contributed by atoms with Gasteiger partial charge in [0.25, 0.3) is 0 Å². The average molecular weight is 353 g/mol. The van der Waals surface area contributed by atoms with Crippen LogP contribution in [0.15, 0.2) is 28.9 Å². The van der Waals surface area contributed by atoms with Gasteiger partial charge < -0.3 is 5.32 Å². The Labute approximate surface area is 131 Å². The van der Waals surface area contributed by atoms with Crippen LogP contribution < -0.4 is 5.32 Å². The van der Waals surface area contributed by atoms with E-state index in [9.17, 15) is 0 Å². The van der Waals surface area contributed by atoms with Gasteiger partial charge >= 0.3 is 0 Å². The van der Waals surface area contributed by atoms with Crippen molar-refractivity contribution in [2.75, 3.05) is 7.05 Å². The molecule has 0 bridgehead atoms. The van der Waals surface area contributed by atoms with Gasteiger partial charge in [-0.2, -0.15) is 0 Å². The lowest BCUT2D eigenvalue weighted by Gasteiger charge is -2.24. The van der Waals surface area contributed by atoms with Crippen LogP contribution in [0.5, 0.6) is 0 Å². The highest BCUT2D eigenvalue weighted by atomic mass is 79.9. The summed E-state index contributed by atoms with van der Waals surface area (Å²) in [4.78, 5) is 9.22. The summed E-state index contributed by atoms with van der Waals surface area (Å²) in [6, 6.07) is 6.15. The van der Waals surface area contributed by atoms with E-state index in [-0.39, 0.29) is 0 Å². The van der Waals surface area contributed by atoms with Gasteiger partial charge in [-0.1, -0.05) is 27.5 Å². The molecule has 5 heteroatoms. The molecule has 1 atom stereocenters. The number of hydrogen-bond acceptors (Lipinski definition) is 3. The molecule has 0 saturated carbocycles. The van der Waals surface area contributed by atoms with E-state index in [0.29, 0.717) is 16.9 Å². The fraction of sp³-hybridized carbons (Fsp3) is 0.333. The second-order valence-electron chi connectivity index (χ2n) is 4.95.